The lowest BCUT2D eigenvalue weighted by atomic mass is 9.98. The van der Waals surface area contributed by atoms with Crippen LogP contribution in [0.4, 0.5) is 11.6 Å². The number of nitrogens with one attached hydrogen (secondary N) is 1. The maximum Gasteiger partial charge on any atom is 0.341 e. The Morgan fingerprint density at radius 1 is 1.17 bits per heavy atom. The first-order valence-corrected chi connectivity index (χ1v) is 14.2. The summed E-state index contributed by atoms with van der Waals surface area (Å²) in [6.07, 6.45) is 3.81. The molecule has 14 heteroatoms. The van der Waals surface area contributed by atoms with Crippen molar-refractivity contribution in [2.45, 2.75) is 33.7 Å². The number of aromatic nitrogens is 7. The third-order valence-electron chi connectivity index (χ3n) is 7.13. The first kappa shape index (κ1) is 27.2. The molecule has 0 atom stereocenters. The second-order valence-electron chi connectivity index (χ2n) is 10.1. The summed E-state index contributed by atoms with van der Waals surface area (Å²) in [5.41, 5.74) is 1.35. The number of carbonyl (C=O) groups excluding carboxylic acids is 1. The summed E-state index contributed by atoms with van der Waals surface area (Å²) in [5.74, 6) is -0.260. The Morgan fingerprint density at radius 3 is 2.69 bits per heavy atom. The van der Waals surface area contributed by atoms with E-state index < -0.39 is 17.0 Å². The van der Waals surface area contributed by atoms with Gasteiger partial charge in [0.05, 0.1) is 11.3 Å². The number of carboxylic acid groups (broad SMARTS) is 1. The third-order valence-corrected chi connectivity index (χ3v) is 7.85. The Kier molecular flexibility index (Phi) is 6.98. The van der Waals surface area contributed by atoms with E-state index in [-0.39, 0.29) is 22.9 Å². The van der Waals surface area contributed by atoms with E-state index in [9.17, 15) is 19.5 Å². The van der Waals surface area contributed by atoms with Crippen LogP contribution in [-0.4, -0.2) is 63.7 Å². The minimum absolute atomic E-state index is 0.121. The van der Waals surface area contributed by atoms with Gasteiger partial charge in [-0.1, -0.05) is 13.0 Å². The highest BCUT2D eigenvalue weighted by molar-refractivity contribution is 7.08. The highest BCUT2D eigenvalue weighted by atomic mass is 32.1. The van der Waals surface area contributed by atoms with Crippen molar-refractivity contribution in [3.05, 3.63) is 69.8 Å². The number of rotatable bonds is 8. The first-order valence-electron chi connectivity index (χ1n) is 13.4. The molecule has 0 radical (unpaired) electrons. The van der Waals surface area contributed by atoms with Gasteiger partial charge in [-0.05, 0) is 44.0 Å². The van der Waals surface area contributed by atoms with Gasteiger partial charge in [0, 0.05) is 55.3 Å². The molecule has 1 saturated heterocycles. The van der Waals surface area contributed by atoms with Gasteiger partial charge in [-0.2, -0.15) is 14.5 Å². The first-order chi connectivity index (χ1) is 20.2. The molecule has 5 aromatic heterocycles. The molecule has 13 nitrogen and oxygen atoms in total. The van der Waals surface area contributed by atoms with Gasteiger partial charge in [0.25, 0.3) is 0 Å². The number of aryl methyl sites for hydroxylation is 3. The van der Waals surface area contributed by atoms with Crippen LogP contribution in [0.25, 0.3) is 27.7 Å². The molecule has 0 bridgehead atoms. The quantitative estimate of drug-likeness (QED) is 0.276. The molecule has 0 unspecified atom stereocenters. The van der Waals surface area contributed by atoms with E-state index in [1.54, 1.807) is 31.3 Å². The molecule has 0 spiro atoms. The number of hydrogen-bond donors (Lipinski definition) is 2. The van der Waals surface area contributed by atoms with E-state index in [1.807, 2.05) is 28.6 Å². The van der Waals surface area contributed by atoms with Crippen LogP contribution in [-0.2, 0) is 11.3 Å². The largest absolute Gasteiger partial charge is 0.477 e. The molecule has 214 valence electrons. The molecule has 1 aliphatic rings. The smallest absolute Gasteiger partial charge is 0.341 e. The molecule has 0 saturated carbocycles. The fourth-order valence-corrected chi connectivity index (χ4v) is 5.58. The number of carboxylic acids is 1. The molecule has 5 aromatic rings. The lowest BCUT2D eigenvalue weighted by molar-refractivity contribution is -0.120. The van der Waals surface area contributed by atoms with Crippen LogP contribution in [0.3, 0.4) is 0 Å². The van der Waals surface area contributed by atoms with Gasteiger partial charge in [-0.15, -0.1) is 0 Å². The van der Waals surface area contributed by atoms with E-state index in [1.165, 1.54) is 10.8 Å². The van der Waals surface area contributed by atoms with Crippen LogP contribution in [0.1, 0.15) is 35.0 Å². The molecule has 1 fully saturated rings. The Labute approximate surface area is 243 Å². The molecular weight excluding hydrogens is 558 g/mol. The maximum atomic E-state index is 13.2. The van der Waals surface area contributed by atoms with Crippen molar-refractivity contribution in [3.63, 3.8) is 0 Å². The van der Waals surface area contributed by atoms with Crippen molar-refractivity contribution < 1.29 is 14.7 Å². The van der Waals surface area contributed by atoms with Gasteiger partial charge in [-0.25, -0.2) is 9.78 Å². The molecule has 2 N–H and O–H groups in total. The standard InChI is InChI=1S/C28H27N9O4S/c1-4-9-37-16(3)11-20(33-37)30-26(39)17-12-35(13-17)21-10-15(2)22-23(38)18(27(40)41)14-36(25(22)31-21)28-32-24(34-42-28)19-7-5-6-8-29-19/h5-8,10-11,14,17H,4,9,12-13H2,1-3H3,(H,40,41)(H,30,33,39). The number of hydrogen-bond acceptors (Lipinski definition) is 10. The number of carbonyl (C=O) groups is 2. The molecule has 0 aliphatic carbocycles. The topological polar surface area (TPSA) is 161 Å². The summed E-state index contributed by atoms with van der Waals surface area (Å²) < 4.78 is 7.75. The van der Waals surface area contributed by atoms with E-state index in [4.69, 9.17) is 4.98 Å². The van der Waals surface area contributed by atoms with Gasteiger partial charge < -0.3 is 15.3 Å². The summed E-state index contributed by atoms with van der Waals surface area (Å²) in [6.45, 7) is 7.41. The molecule has 6 rings (SSSR count). The van der Waals surface area contributed by atoms with Crippen molar-refractivity contribution in [1.29, 1.82) is 0 Å². The summed E-state index contributed by atoms with van der Waals surface area (Å²) in [5, 5.41) is 17.7. The average Bonchev–Trinajstić information content (AvgIpc) is 3.55. The predicted molar refractivity (Wildman–Crippen MR) is 157 cm³/mol. The highest BCUT2D eigenvalue weighted by Gasteiger charge is 2.34. The number of amides is 1. The zero-order valence-electron chi connectivity index (χ0n) is 23.1. The highest BCUT2D eigenvalue weighted by Crippen LogP contribution is 2.29. The van der Waals surface area contributed by atoms with E-state index in [2.05, 4.69) is 31.7 Å². The Morgan fingerprint density at radius 2 is 1.98 bits per heavy atom. The van der Waals surface area contributed by atoms with Gasteiger partial charge >= 0.3 is 5.97 Å². The van der Waals surface area contributed by atoms with Crippen LogP contribution < -0.4 is 15.6 Å². The minimum atomic E-state index is -1.35. The predicted octanol–water partition coefficient (Wildman–Crippen LogP) is 3.30. The third kappa shape index (κ3) is 4.89. The molecular formula is C28H27N9O4S. The second-order valence-corrected chi connectivity index (χ2v) is 10.9. The van der Waals surface area contributed by atoms with Crippen LogP contribution in [0, 0.1) is 19.8 Å². The zero-order valence-corrected chi connectivity index (χ0v) is 23.9. The van der Waals surface area contributed by atoms with Crippen LogP contribution in [0.5, 0.6) is 0 Å². The van der Waals surface area contributed by atoms with Gasteiger partial charge in [0.15, 0.2) is 17.3 Å². The van der Waals surface area contributed by atoms with Gasteiger partial charge in [-0.3, -0.25) is 23.8 Å². The Hall–Kier alpha value is -4.98. The maximum absolute atomic E-state index is 13.2. The molecule has 0 aromatic carbocycles. The lowest BCUT2D eigenvalue weighted by Gasteiger charge is -2.39. The summed E-state index contributed by atoms with van der Waals surface area (Å²) in [6, 6.07) is 8.97. The van der Waals surface area contributed by atoms with E-state index in [0.717, 1.165) is 30.2 Å². The van der Waals surface area contributed by atoms with Crippen LogP contribution in [0.2, 0.25) is 0 Å². The number of aromatic carboxylic acids is 1. The fourth-order valence-electron chi connectivity index (χ4n) is 4.92. The Balaban J connectivity index is 1.31. The van der Waals surface area contributed by atoms with Crippen molar-refractivity contribution in [2.24, 2.45) is 5.92 Å². The minimum Gasteiger partial charge on any atom is -0.477 e. The van der Waals surface area contributed by atoms with Gasteiger partial charge in [0.1, 0.15) is 17.1 Å². The SMILES string of the molecule is CCCn1nc(NC(=O)C2CN(c3cc(C)c4c(=O)c(C(=O)O)cn(-c5nc(-c6ccccn6)ns5)c4n3)C2)cc1C. The van der Waals surface area contributed by atoms with E-state index in [0.29, 0.717) is 46.9 Å². The Bertz CT molecular complexity index is 1890. The summed E-state index contributed by atoms with van der Waals surface area (Å²) in [4.78, 5) is 53.6. The molecule has 1 amide bonds. The normalized spacial score (nSPS) is 13.4. The van der Waals surface area contributed by atoms with Crippen LogP contribution in [0.15, 0.2) is 47.5 Å². The van der Waals surface area contributed by atoms with Gasteiger partial charge in [0.2, 0.25) is 16.5 Å². The number of fused-ring (bicyclic) bond motifs is 1. The molecule has 6 heterocycles. The fraction of sp³-hybridized carbons (Fsp3) is 0.286. The van der Waals surface area contributed by atoms with Crippen molar-refractivity contribution >= 4 is 46.1 Å². The zero-order chi connectivity index (χ0) is 29.5. The van der Waals surface area contributed by atoms with Crippen LogP contribution >= 0.6 is 11.5 Å². The summed E-state index contributed by atoms with van der Waals surface area (Å²) in [7, 11) is 0. The van der Waals surface area contributed by atoms with Crippen molar-refractivity contribution in [2.75, 3.05) is 23.3 Å². The number of pyridine rings is 3. The molecule has 42 heavy (non-hydrogen) atoms. The average molecular weight is 586 g/mol. The summed E-state index contributed by atoms with van der Waals surface area (Å²) >= 11 is 1.04. The van der Waals surface area contributed by atoms with Crippen molar-refractivity contribution in [1.82, 2.24) is 33.7 Å². The number of anilines is 2. The van der Waals surface area contributed by atoms with E-state index >= 15 is 0 Å². The lowest BCUT2D eigenvalue weighted by Crippen LogP contribution is -2.52. The second kappa shape index (κ2) is 10.8. The monoisotopic (exact) mass is 585 g/mol. The number of nitrogens with zero attached hydrogens (tertiary/aromatic N) is 8. The van der Waals surface area contributed by atoms with Crippen molar-refractivity contribution in [3.8, 4) is 16.6 Å². The molecule has 1 aliphatic heterocycles.